The Kier molecular flexibility index (Phi) is 17.2. The number of carbonyl (C=O) groups excluding carboxylic acids is 2. The van der Waals surface area contributed by atoms with E-state index in [-0.39, 0.29) is 19.1 Å². The highest BCUT2D eigenvalue weighted by Gasteiger charge is 2.36. The van der Waals surface area contributed by atoms with Crippen LogP contribution in [0.2, 0.25) is 0 Å². The van der Waals surface area contributed by atoms with Crippen molar-refractivity contribution in [2.45, 2.75) is 98.8 Å². The van der Waals surface area contributed by atoms with Gasteiger partial charge in [0.2, 0.25) is 0 Å². The summed E-state index contributed by atoms with van der Waals surface area (Å²) in [5.74, 6) is 4.15. The Morgan fingerprint density at radius 3 is 1.90 bits per heavy atom. The topological polar surface area (TPSA) is 52.6 Å². The summed E-state index contributed by atoms with van der Waals surface area (Å²) in [6, 6.07) is 0. The summed E-state index contributed by atoms with van der Waals surface area (Å²) in [5.41, 5.74) is 1.04. The van der Waals surface area contributed by atoms with Crippen LogP contribution in [0.1, 0.15) is 98.8 Å². The van der Waals surface area contributed by atoms with Crippen molar-refractivity contribution >= 4 is 11.9 Å². The molecule has 0 bridgehead atoms. The number of ether oxygens (including phenoxy) is 2. The summed E-state index contributed by atoms with van der Waals surface area (Å²) in [4.78, 5) is 24.9. The van der Waals surface area contributed by atoms with Gasteiger partial charge in [-0.25, -0.2) is 0 Å². The fourth-order valence-electron chi connectivity index (χ4n) is 3.23. The number of hydrogen-bond donors (Lipinski definition) is 0. The first-order valence-electron chi connectivity index (χ1n) is 11.5. The molecule has 0 aliphatic carbocycles. The predicted octanol–water partition coefficient (Wildman–Crippen LogP) is 6.24. The van der Waals surface area contributed by atoms with E-state index in [0.29, 0.717) is 0 Å². The van der Waals surface area contributed by atoms with Crippen LogP contribution >= 0.6 is 0 Å². The molecule has 0 aliphatic heterocycles. The maximum atomic E-state index is 12.5. The molecule has 1 unspecified atom stereocenters. The van der Waals surface area contributed by atoms with Gasteiger partial charge in [0.1, 0.15) is 0 Å². The van der Waals surface area contributed by atoms with Gasteiger partial charge in [0.05, 0.1) is 13.2 Å². The van der Waals surface area contributed by atoms with Crippen LogP contribution in [0, 0.1) is 23.7 Å². The molecule has 4 heteroatoms. The van der Waals surface area contributed by atoms with E-state index in [4.69, 9.17) is 9.47 Å². The van der Waals surface area contributed by atoms with E-state index in [1.807, 2.05) is 13.0 Å². The van der Waals surface area contributed by atoms with Gasteiger partial charge in [-0.2, -0.15) is 0 Å². The minimum Gasteiger partial charge on any atom is -0.465 e. The van der Waals surface area contributed by atoms with Gasteiger partial charge in [-0.05, 0) is 39.2 Å². The predicted molar refractivity (Wildman–Crippen MR) is 119 cm³/mol. The van der Waals surface area contributed by atoms with Crippen LogP contribution in [0.5, 0.6) is 0 Å². The maximum Gasteiger partial charge on any atom is 0.320 e. The lowest BCUT2D eigenvalue weighted by atomic mass is 9.84. The van der Waals surface area contributed by atoms with Gasteiger partial charge in [0.25, 0.3) is 0 Å². The molecule has 4 nitrogen and oxygen atoms in total. The van der Waals surface area contributed by atoms with Gasteiger partial charge in [-0.3, -0.25) is 9.59 Å². The van der Waals surface area contributed by atoms with Crippen molar-refractivity contribution in [2.75, 3.05) is 13.2 Å². The Balaban J connectivity index is 5.33. The molecular formula is C25H42O4. The standard InChI is InChI=1S/C25H42O4/c1-6-10-12-14-15-16-18-20-22(19-17-13-11-7-2)21(5)23(24(26)28-8-3)25(27)29-9-4/h20-21,23H,6-15,17,19H2,1-5H3/b22-20+. The van der Waals surface area contributed by atoms with E-state index in [1.54, 1.807) is 13.8 Å². The molecule has 0 amide bonds. The van der Waals surface area contributed by atoms with Crippen molar-refractivity contribution in [3.8, 4) is 11.8 Å². The molecule has 0 rings (SSSR count). The van der Waals surface area contributed by atoms with E-state index in [0.717, 1.165) is 37.7 Å². The first-order valence-corrected chi connectivity index (χ1v) is 11.5. The fourth-order valence-corrected chi connectivity index (χ4v) is 3.23. The number of hydrogen-bond acceptors (Lipinski definition) is 4. The second kappa shape index (κ2) is 18.3. The van der Waals surface area contributed by atoms with Gasteiger partial charge < -0.3 is 9.47 Å². The van der Waals surface area contributed by atoms with Crippen molar-refractivity contribution in [3.05, 3.63) is 11.6 Å². The number of esters is 2. The van der Waals surface area contributed by atoms with Crippen LogP contribution in [0.25, 0.3) is 0 Å². The van der Waals surface area contributed by atoms with Gasteiger partial charge in [0, 0.05) is 12.3 Å². The first kappa shape index (κ1) is 27.2. The highest BCUT2D eigenvalue weighted by Crippen LogP contribution is 2.27. The molecule has 0 aromatic carbocycles. The highest BCUT2D eigenvalue weighted by atomic mass is 16.6. The first-order chi connectivity index (χ1) is 14.0. The Labute approximate surface area is 178 Å². The van der Waals surface area contributed by atoms with E-state index < -0.39 is 17.9 Å². The normalized spacial score (nSPS) is 12.3. The summed E-state index contributed by atoms with van der Waals surface area (Å²) in [6.45, 7) is 10.3. The highest BCUT2D eigenvalue weighted by molar-refractivity contribution is 5.95. The van der Waals surface area contributed by atoms with E-state index in [2.05, 4.69) is 25.7 Å². The van der Waals surface area contributed by atoms with Crippen molar-refractivity contribution in [1.29, 1.82) is 0 Å². The quantitative estimate of drug-likeness (QED) is 0.140. The van der Waals surface area contributed by atoms with Crippen LogP contribution in [0.3, 0.4) is 0 Å². The average molecular weight is 407 g/mol. The molecule has 166 valence electrons. The number of unbranched alkanes of at least 4 members (excludes halogenated alkanes) is 7. The van der Waals surface area contributed by atoms with E-state index in [9.17, 15) is 9.59 Å². The summed E-state index contributed by atoms with van der Waals surface area (Å²) in [6.07, 6.45) is 12.9. The molecule has 29 heavy (non-hydrogen) atoms. The molecule has 0 fully saturated rings. The van der Waals surface area contributed by atoms with Crippen molar-refractivity contribution in [3.63, 3.8) is 0 Å². The Morgan fingerprint density at radius 1 is 0.828 bits per heavy atom. The monoisotopic (exact) mass is 406 g/mol. The average Bonchev–Trinajstić information content (AvgIpc) is 2.69. The summed E-state index contributed by atoms with van der Waals surface area (Å²) < 4.78 is 10.3. The van der Waals surface area contributed by atoms with Gasteiger partial charge in [-0.1, -0.05) is 76.7 Å². The summed E-state index contributed by atoms with van der Waals surface area (Å²) in [5, 5.41) is 0. The number of rotatable bonds is 15. The van der Waals surface area contributed by atoms with Gasteiger partial charge >= 0.3 is 11.9 Å². The van der Waals surface area contributed by atoms with E-state index in [1.165, 1.54) is 32.1 Å². The molecule has 0 saturated heterocycles. The molecule has 0 saturated carbocycles. The van der Waals surface area contributed by atoms with Crippen LogP contribution in [-0.4, -0.2) is 25.2 Å². The molecule has 0 spiro atoms. The largest absolute Gasteiger partial charge is 0.465 e. The van der Waals surface area contributed by atoms with Crippen LogP contribution in [0.4, 0.5) is 0 Å². The zero-order chi connectivity index (χ0) is 21.9. The van der Waals surface area contributed by atoms with Crippen LogP contribution < -0.4 is 0 Å². The lowest BCUT2D eigenvalue weighted by Gasteiger charge is -2.23. The summed E-state index contributed by atoms with van der Waals surface area (Å²) >= 11 is 0. The zero-order valence-electron chi connectivity index (χ0n) is 19.4. The van der Waals surface area contributed by atoms with Crippen molar-refractivity contribution in [2.24, 2.45) is 11.8 Å². The zero-order valence-corrected chi connectivity index (χ0v) is 19.4. The minimum atomic E-state index is -0.932. The van der Waals surface area contributed by atoms with Crippen molar-refractivity contribution < 1.29 is 19.1 Å². The fraction of sp³-hybridized carbons (Fsp3) is 0.760. The second-order valence-corrected chi connectivity index (χ2v) is 7.43. The third-order valence-electron chi connectivity index (χ3n) is 5.00. The van der Waals surface area contributed by atoms with Crippen LogP contribution in [-0.2, 0) is 19.1 Å². The Hall–Kier alpha value is -1.76. The van der Waals surface area contributed by atoms with E-state index >= 15 is 0 Å². The Bertz CT molecular complexity index is 521. The molecular weight excluding hydrogens is 364 g/mol. The molecule has 0 aromatic rings. The number of carbonyl (C=O) groups is 2. The number of allylic oxidation sites excluding steroid dienone is 2. The maximum absolute atomic E-state index is 12.5. The third-order valence-corrected chi connectivity index (χ3v) is 5.00. The summed E-state index contributed by atoms with van der Waals surface area (Å²) in [7, 11) is 0. The lowest BCUT2D eigenvalue weighted by Crippen LogP contribution is -2.34. The molecule has 0 aromatic heterocycles. The second-order valence-electron chi connectivity index (χ2n) is 7.43. The molecule has 1 atom stereocenters. The molecule has 0 aliphatic rings. The van der Waals surface area contributed by atoms with Gasteiger partial charge in [-0.15, -0.1) is 0 Å². The SMILES string of the molecule is CCCCCCC#C/C=C(\CCCCCC)C(C)C(C(=O)OCC)C(=O)OCC. The molecule has 0 radical (unpaired) electrons. The third kappa shape index (κ3) is 12.4. The lowest BCUT2D eigenvalue weighted by molar-refractivity contribution is -0.163. The minimum absolute atomic E-state index is 0.245. The molecule has 0 N–H and O–H groups in total. The molecule has 0 heterocycles. The Morgan fingerprint density at radius 2 is 1.38 bits per heavy atom. The van der Waals surface area contributed by atoms with Crippen molar-refractivity contribution in [1.82, 2.24) is 0 Å². The van der Waals surface area contributed by atoms with Gasteiger partial charge in [0.15, 0.2) is 5.92 Å². The smallest absolute Gasteiger partial charge is 0.320 e. The van der Waals surface area contributed by atoms with Crippen LogP contribution in [0.15, 0.2) is 11.6 Å².